The maximum absolute atomic E-state index is 13.5. The van der Waals surface area contributed by atoms with Crippen LogP contribution in [0, 0.1) is 6.92 Å². The summed E-state index contributed by atoms with van der Waals surface area (Å²) in [4.78, 5) is 34.2. The fourth-order valence-corrected chi connectivity index (χ4v) is 3.76. The lowest BCUT2D eigenvalue weighted by Crippen LogP contribution is -2.41. The van der Waals surface area contributed by atoms with Crippen LogP contribution in [0.5, 0.6) is 0 Å². The predicted octanol–water partition coefficient (Wildman–Crippen LogP) is 5.12. The number of anilines is 3. The summed E-state index contributed by atoms with van der Waals surface area (Å²) in [5.74, 6) is -0.744. The molecule has 1 unspecified atom stereocenters. The van der Waals surface area contributed by atoms with Gasteiger partial charge < -0.3 is 10.2 Å². The van der Waals surface area contributed by atoms with E-state index in [1.165, 1.54) is 11.0 Å². The number of carbonyl (C=O) groups excluding carboxylic acids is 2. The molecule has 0 saturated heterocycles. The summed E-state index contributed by atoms with van der Waals surface area (Å²) in [6.07, 6.45) is 4.44. The van der Waals surface area contributed by atoms with Crippen LogP contribution in [-0.4, -0.2) is 30.9 Å². The predicted molar refractivity (Wildman–Crippen MR) is 133 cm³/mol. The number of nitrogens with zero attached hydrogens (tertiary/aromatic N) is 3. The smallest absolute Gasteiger partial charge is 0.252 e. The third kappa shape index (κ3) is 5.23. The second-order valence-corrected chi connectivity index (χ2v) is 8.38. The first kappa shape index (κ1) is 23.2. The van der Waals surface area contributed by atoms with Crippen LogP contribution in [0.4, 0.5) is 17.1 Å². The maximum atomic E-state index is 13.5. The van der Waals surface area contributed by atoms with Crippen molar-refractivity contribution in [3.63, 3.8) is 0 Å². The van der Waals surface area contributed by atoms with E-state index in [1.54, 1.807) is 36.7 Å². The fourth-order valence-electron chi connectivity index (χ4n) is 3.49. The molecule has 3 aromatic rings. The Morgan fingerprint density at radius 1 is 1.12 bits per heavy atom. The van der Waals surface area contributed by atoms with Crippen LogP contribution in [0.2, 0.25) is 0 Å². The van der Waals surface area contributed by atoms with Gasteiger partial charge in [-0.3, -0.25) is 19.5 Å². The van der Waals surface area contributed by atoms with Gasteiger partial charge in [-0.2, -0.15) is 0 Å². The van der Waals surface area contributed by atoms with Crippen LogP contribution in [0.25, 0.3) is 0 Å². The average molecular weight is 493 g/mol. The highest BCUT2D eigenvalue weighted by molar-refractivity contribution is 9.10. The Morgan fingerprint density at radius 2 is 1.84 bits per heavy atom. The molecule has 2 amide bonds. The molecule has 0 radical (unpaired) electrons. The van der Waals surface area contributed by atoms with Gasteiger partial charge in [-0.1, -0.05) is 28.6 Å². The monoisotopic (exact) mass is 492 g/mol. The van der Waals surface area contributed by atoms with E-state index >= 15 is 0 Å². The number of aryl methyl sites for hydroxylation is 1. The Hall–Kier alpha value is -3.45. The van der Waals surface area contributed by atoms with Crippen LogP contribution in [-0.2, 0) is 9.59 Å². The molecule has 0 aliphatic carbocycles. The van der Waals surface area contributed by atoms with Crippen molar-refractivity contribution in [3.05, 3.63) is 95.2 Å². The van der Waals surface area contributed by atoms with E-state index in [-0.39, 0.29) is 11.8 Å². The van der Waals surface area contributed by atoms with Crippen molar-refractivity contribution >= 4 is 44.8 Å². The molecule has 0 spiro atoms. The quantitative estimate of drug-likeness (QED) is 0.465. The molecule has 164 valence electrons. The van der Waals surface area contributed by atoms with E-state index in [9.17, 15) is 9.59 Å². The highest BCUT2D eigenvalue weighted by Crippen LogP contribution is 2.32. The lowest BCUT2D eigenvalue weighted by atomic mass is 10.0. The number of benzene rings is 2. The molecule has 0 aliphatic rings. The highest BCUT2D eigenvalue weighted by atomic mass is 79.9. The van der Waals surface area contributed by atoms with Gasteiger partial charge in [0.15, 0.2) is 0 Å². The van der Waals surface area contributed by atoms with Gasteiger partial charge in [0.1, 0.15) is 6.04 Å². The number of rotatable bonds is 7. The number of nitrogens with one attached hydrogen (secondary N) is 1. The zero-order chi connectivity index (χ0) is 23.3. The number of carbonyl (C=O) groups is 2. The molecule has 32 heavy (non-hydrogen) atoms. The molecule has 0 fully saturated rings. The molecular formula is C25H25BrN4O2. The summed E-state index contributed by atoms with van der Waals surface area (Å²) >= 11 is 3.39. The van der Waals surface area contributed by atoms with Crippen molar-refractivity contribution in [1.29, 1.82) is 0 Å². The first-order chi connectivity index (χ1) is 15.3. The third-order valence-corrected chi connectivity index (χ3v) is 5.50. The van der Waals surface area contributed by atoms with Gasteiger partial charge in [0.05, 0.1) is 0 Å². The Bertz CT molecular complexity index is 1110. The van der Waals surface area contributed by atoms with Crippen LogP contribution in [0.1, 0.15) is 17.2 Å². The third-order valence-electron chi connectivity index (χ3n) is 4.97. The topological polar surface area (TPSA) is 65.5 Å². The molecule has 0 saturated carbocycles. The SMILES string of the molecule is C=CC(=O)N(c1ccc(N(C)C)c(C)c1)C(C(=O)Nc1ccc(Br)cc1)c1cccnc1. The number of amides is 2. The standard InChI is InChI=1S/C25H25BrN4O2/c1-5-23(31)30(21-12-13-22(29(3)4)17(2)15-21)24(18-7-6-14-27-16-18)25(32)28-20-10-8-19(26)9-11-20/h5-16,24H,1H2,2-4H3,(H,28,32). The molecule has 3 rings (SSSR count). The summed E-state index contributed by atoms with van der Waals surface area (Å²) in [7, 11) is 3.91. The van der Waals surface area contributed by atoms with Gasteiger partial charge in [0.2, 0.25) is 0 Å². The lowest BCUT2D eigenvalue weighted by molar-refractivity contribution is -0.121. The molecule has 1 aromatic heterocycles. The normalized spacial score (nSPS) is 11.4. The van der Waals surface area contributed by atoms with Gasteiger partial charge in [0.25, 0.3) is 11.8 Å². The van der Waals surface area contributed by atoms with E-state index in [1.807, 2.05) is 56.3 Å². The zero-order valence-electron chi connectivity index (χ0n) is 18.2. The van der Waals surface area contributed by atoms with Crippen molar-refractivity contribution in [1.82, 2.24) is 4.98 Å². The summed E-state index contributed by atoms with van der Waals surface area (Å²) in [5.41, 5.74) is 3.81. The second kappa shape index (κ2) is 10.2. The molecule has 6 nitrogen and oxygen atoms in total. The van der Waals surface area contributed by atoms with Crippen molar-refractivity contribution in [2.45, 2.75) is 13.0 Å². The molecule has 1 N–H and O–H groups in total. The van der Waals surface area contributed by atoms with E-state index in [0.717, 1.165) is 15.7 Å². The Labute approximate surface area is 196 Å². The van der Waals surface area contributed by atoms with Gasteiger partial charge in [0, 0.05) is 53.6 Å². The van der Waals surface area contributed by atoms with Crippen molar-refractivity contribution in [3.8, 4) is 0 Å². The first-order valence-electron chi connectivity index (χ1n) is 10.0. The summed E-state index contributed by atoms with van der Waals surface area (Å²) in [5, 5.41) is 2.92. The van der Waals surface area contributed by atoms with E-state index in [4.69, 9.17) is 0 Å². The van der Waals surface area contributed by atoms with Crippen molar-refractivity contribution in [2.24, 2.45) is 0 Å². The van der Waals surface area contributed by atoms with Gasteiger partial charge in [-0.25, -0.2) is 0 Å². The number of hydrogen-bond donors (Lipinski definition) is 1. The minimum Gasteiger partial charge on any atom is -0.377 e. The summed E-state index contributed by atoms with van der Waals surface area (Å²) < 4.78 is 0.902. The molecule has 0 bridgehead atoms. The highest BCUT2D eigenvalue weighted by Gasteiger charge is 2.32. The molecule has 7 heteroatoms. The van der Waals surface area contributed by atoms with Crippen LogP contribution < -0.4 is 15.1 Å². The van der Waals surface area contributed by atoms with Crippen LogP contribution in [0.15, 0.2) is 84.1 Å². The van der Waals surface area contributed by atoms with Crippen molar-refractivity contribution < 1.29 is 9.59 Å². The molecular weight excluding hydrogens is 468 g/mol. The largest absolute Gasteiger partial charge is 0.377 e. The number of halogens is 1. The van der Waals surface area contributed by atoms with Crippen LogP contribution >= 0.6 is 15.9 Å². The number of aromatic nitrogens is 1. The maximum Gasteiger partial charge on any atom is 0.252 e. The Morgan fingerprint density at radius 3 is 2.41 bits per heavy atom. The lowest BCUT2D eigenvalue weighted by Gasteiger charge is -2.31. The van der Waals surface area contributed by atoms with Crippen molar-refractivity contribution in [2.75, 3.05) is 29.2 Å². The Kier molecular flexibility index (Phi) is 7.43. The van der Waals surface area contributed by atoms with E-state index in [0.29, 0.717) is 16.9 Å². The molecule has 0 aliphatic heterocycles. The molecule has 2 aromatic carbocycles. The van der Waals surface area contributed by atoms with Gasteiger partial charge >= 0.3 is 0 Å². The molecule has 1 heterocycles. The van der Waals surface area contributed by atoms with Gasteiger partial charge in [-0.15, -0.1) is 0 Å². The first-order valence-corrected chi connectivity index (χ1v) is 10.8. The summed E-state index contributed by atoms with van der Waals surface area (Å²) in [6.45, 7) is 5.62. The second-order valence-electron chi connectivity index (χ2n) is 7.46. The van der Waals surface area contributed by atoms with E-state index in [2.05, 4.69) is 32.8 Å². The zero-order valence-corrected chi connectivity index (χ0v) is 19.8. The minimum atomic E-state index is -0.942. The minimum absolute atomic E-state index is 0.357. The number of hydrogen-bond acceptors (Lipinski definition) is 4. The molecule has 1 atom stereocenters. The fraction of sp³-hybridized carbons (Fsp3) is 0.160. The van der Waals surface area contributed by atoms with E-state index < -0.39 is 6.04 Å². The van der Waals surface area contributed by atoms with Gasteiger partial charge in [-0.05, 0) is 67.1 Å². The van der Waals surface area contributed by atoms with Crippen LogP contribution in [0.3, 0.4) is 0 Å². The number of pyridine rings is 1. The Balaban J connectivity index is 2.09. The average Bonchev–Trinajstić information content (AvgIpc) is 2.78. The summed E-state index contributed by atoms with van der Waals surface area (Å²) in [6, 6.07) is 15.5.